The number of fused-ring (bicyclic) bond motifs is 1. The van der Waals surface area contributed by atoms with Crippen molar-refractivity contribution in [3.63, 3.8) is 0 Å². The topological polar surface area (TPSA) is 58.0 Å². The molecule has 2 N–H and O–H groups in total. The van der Waals surface area contributed by atoms with Crippen molar-refractivity contribution in [3.8, 4) is 5.75 Å². The molecule has 0 aliphatic heterocycles. The summed E-state index contributed by atoms with van der Waals surface area (Å²) in [7, 11) is 0. The third kappa shape index (κ3) is 2.52. The molecule has 7 heteroatoms. The van der Waals surface area contributed by atoms with Gasteiger partial charge in [-0.05, 0) is 29.8 Å². The van der Waals surface area contributed by atoms with E-state index in [1.54, 1.807) is 24.3 Å². The van der Waals surface area contributed by atoms with Gasteiger partial charge in [-0.15, -0.1) is 0 Å². The van der Waals surface area contributed by atoms with Crippen LogP contribution in [0.2, 0.25) is 10.0 Å². The maximum absolute atomic E-state index is 9.40. The molecule has 20 heavy (non-hydrogen) atoms. The van der Waals surface area contributed by atoms with Gasteiger partial charge in [-0.1, -0.05) is 29.3 Å². The van der Waals surface area contributed by atoms with Gasteiger partial charge in [0.2, 0.25) is 0 Å². The van der Waals surface area contributed by atoms with E-state index in [0.717, 1.165) is 34.0 Å². The third-order valence-electron chi connectivity index (χ3n) is 2.86. The van der Waals surface area contributed by atoms with Crippen molar-refractivity contribution in [2.24, 2.45) is 0 Å². The Balaban J connectivity index is 1.88. The van der Waals surface area contributed by atoms with E-state index in [-0.39, 0.29) is 5.75 Å². The number of benzene rings is 2. The summed E-state index contributed by atoms with van der Waals surface area (Å²) in [4.78, 5) is 0. The SMILES string of the molecule is Oc1ccc(CNc2c(Cl)ccc3nsnc23)cc1Cl. The van der Waals surface area contributed by atoms with Crippen molar-refractivity contribution in [3.05, 3.63) is 45.9 Å². The van der Waals surface area contributed by atoms with Crippen LogP contribution in [0.4, 0.5) is 5.69 Å². The Hall–Kier alpha value is -1.56. The molecule has 0 bridgehead atoms. The molecular formula is C13H9Cl2N3OS. The second-order valence-electron chi connectivity index (χ2n) is 4.19. The van der Waals surface area contributed by atoms with Crippen molar-refractivity contribution in [2.75, 3.05) is 5.32 Å². The van der Waals surface area contributed by atoms with E-state index in [1.807, 2.05) is 6.07 Å². The number of phenolic OH excluding ortho intramolecular Hbond substituents is 1. The summed E-state index contributed by atoms with van der Waals surface area (Å²) in [6, 6.07) is 8.69. The van der Waals surface area contributed by atoms with Gasteiger partial charge < -0.3 is 10.4 Å². The highest BCUT2D eigenvalue weighted by atomic mass is 35.5. The summed E-state index contributed by atoms with van der Waals surface area (Å²) in [5.74, 6) is 0.0688. The van der Waals surface area contributed by atoms with E-state index >= 15 is 0 Å². The Kier molecular flexibility index (Phi) is 3.65. The van der Waals surface area contributed by atoms with Crippen LogP contribution in [0, 0.1) is 0 Å². The molecule has 0 fully saturated rings. The zero-order valence-corrected chi connectivity index (χ0v) is 12.4. The molecule has 1 heterocycles. The highest BCUT2D eigenvalue weighted by Gasteiger charge is 2.10. The summed E-state index contributed by atoms with van der Waals surface area (Å²) in [6.45, 7) is 0.524. The number of hydrogen-bond acceptors (Lipinski definition) is 5. The largest absolute Gasteiger partial charge is 0.506 e. The van der Waals surface area contributed by atoms with Crippen LogP contribution in [0.25, 0.3) is 11.0 Å². The minimum Gasteiger partial charge on any atom is -0.506 e. The Morgan fingerprint density at radius 1 is 1.10 bits per heavy atom. The minimum atomic E-state index is 0.0688. The van der Waals surface area contributed by atoms with Crippen LogP contribution in [0.5, 0.6) is 5.75 Å². The molecule has 102 valence electrons. The summed E-state index contributed by atoms with van der Waals surface area (Å²) in [5.41, 5.74) is 3.25. The molecule has 0 atom stereocenters. The average molecular weight is 326 g/mol. The number of anilines is 1. The minimum absolute atomic E-state index is 0.0688. The fourth-order valence-corrected chi connectivity index (χ4v) is 2.81. The van der Waals surface area contributed by atoms with Crippen LogP contribution in [-0.2, 0) is 6.54 Å². The van der Waals surface area contributed by atoms with Crippen LogP contribution in [0.3, 0.4) is 0 Å². The smallest absolute Gasteiger partial charge is 0.134 e. The lowest BCUT2D eigenvalue weighted by Gasteiger charge is -2.09. The second kappa shape index (κ2) is 5.44. The van der Waals surface area contributed by atoms with Crippen LogP contribution in [-0.4, -0.2) is 13.9 Å². The van der Waals surface area contributed by atoms with Crippen LogP contribution < -0.4 is 5.32 Å². The van der Waals surface area contributed by atoms with E-state index in [4.69, 9.17) is 23.2 Å². The molecule has 4 nitrogen and oxygen atoms in total. The Bertz CT molecular complexity index is 775. The van der Waals surface area contributed by atoms with Crippen molar-refractivity contribution < 1.29 is 5.11 Å². The molecule has 0 aliphatic rings. The van der Waals surface area contributed by atoms with Gasteiger partial charge in [0.25, 0.3) is 0 Å². The normalized spacial score (nSPS) is 10.9. The van der Waals surface area contributed by atoms with E-state index in [1.165, 1.54) is 0 Å². The number of nitrogens with zero attached hydrogens (tertiary/aromatic N) is 2. The van der Waals surface area contributed by atoms with Gasteiger partial charge in [-0.25, -0.2) is 0 Å². The second-order valence-corrected chi connectivity index (χ2v) is 5.54. The molecule has 3 rings (SSSR count). The van der Waals surface area contributed by atoms with Gasteiger partial charge in [0, 0.05) is 6.54 Å². The van der Waals surface area contributed by atoms with Crippen molar-refractivity contribution in [1.82, 2.24) is 8.75 Å². The molecule has 0 aliphatic carbocycles. The fraction of sp³-hybridized carbons (Fsp3) is 0.0769. The lowest BCUT2D eigenvalue weighted by atomic mass is 10.2. The number of aromatic hydroxyl groups is 1. The van der Waals surface area contributed by atoms with E-state index in [9.17, 15) is 5.11 Å². The first-order chi connectivity index (χ1) is 9.65. The zero-order valence-electron chi connectivity index (χ0n) is 10.1. The number of rotatable bonds is 3. The summed E-state index contributed by atoms with van der Waals surface area (Å²) in [6.07, 6.45) is 0. The summed E-state index contributed by atoms with van der Waals surface area (Å²) >= 11 is 13.2. The lowest BCUT2D eigenvalue weighted by molar-refractivity contribution is 0.475. The molecule has 2 aromatic carbocycles. The van der Waals surface area contributed by atoms with Crippen molar-refractivity contribution >= 4 is 51.7 Å². The Morgan fingerprint density at radius 3 is 2.75 bits per heavy atom. The van der Waals surface area contributed by atoms with Crippen molar-refractivity contribution in [1.29, 1.82) is 0 Å². The number of aromatic nitrogens is 2. The molecule has 0 amide bonds. The molecule has 3 aromatic rings. The molecule has 0 spiro atoms. The predicted octanol–water partition coefficient (Wildman–Crippen LogP) is 4.32. The lowest BCUT2D eigenvalue weighted by Crippen LogP contribution is -2.00. The number of phenols is 1. The number of nitrogens with one attached hydrogen (secondary N) is 1. The van der Waals surface area contributed by atoms with E-state index < -0.39 is 0 Å². The first kappa shape index (κ1) is 13.4. The quantitative estimate of drug-likeness (QED) is 0.753. The average Bonchev–Trinajstić information content (AvgIpc) is 2.90. The molecule has 0 saturated heterocycles. The molecule has 0 saturated carbocycles. The number of halogens is 2. The number of hydrogen-bond donors (Lipinski definition) is 2. The Morgan fingerprint density at radius 2 is 1.95 bits per heavy atom. The third-order valence-corrected chi connectivity index (χ3v) is 4.02. The highest BCUT2D eigenvalue weighted by molar-refractivity contribution is 7.00. The first-order valence-corrected chi connectivity index (χ1v) is 7.26. The Labute approximate surface area is 129 Å². The van der Waals surface area contributed by atoms with Gasteiger partial charge in [0.15, 0.2) is 0 Å². The van der Waals surface area contributed by atoms with E-state index in [2.05, 4.69) is 14.1 Å². The zero-order chi connectivity index (χ0) is 14.1. The molecule has 0 radical (unpaired) electrons. The summed E-state index contributed by atoms with van der Waals surface area (Å²) in [5, 5.41) is 13.5. The van der Waals surface area contributed by atoms with Gasteiger partial charge in [0.05, 0.1) is 27.5 Å². The predicted molar refractivity (Wildman–Crippen MR) is 82.9 cm³/mol. The molecule has 1 aromatic heterocycles. The fourth-order valence-electron chi connectivity index (χ4n) is 1.85. The van der Waals surface area contributed by atoms with Gasteiger partial charge >= 0.3 is 0 Å². The van der Waals surface area contributed by atoms with Gasteiger partial charge in [-0.3, -0.25) is 0 Å². The van der Waals surface area contributed by atoms with Gasteiger partial charge in [0.1, 0.15) is 16.8 Å². The monoisotopic (exact) mass is 325 g/mol. The van der Waals surface area contributed by atoms with Crippen molar-refractivity contribution in [2.45, 2.75) is 6.54 Å². The highest BCUT2D eigenvalue weighted by Crippen LogP contribution is 2.31. The standard InChI is InChI=1S/C13H9Cl2N3OS/c14-8-2-3-10-13(18-20-17-10)12(8)16-6-7-1-4-11(19)9(15)5-7/h1-5,16,19H,6H2. The molecular weight excluding hydrogens is 317 g/mol. The van der Waals surface area contributed by atoms with Crippen LogP contribution >= 0.6 is 34.9 Å². The maximum Gasteiger partial charge on any atom is 0.134 e. The summed E-state index contributed by atoms with van der Waals surface area (Å²) < 4.78 is 8.42. The van der Waals surface area contributed by atoms with Crippen LogP contribution in [0.15, 0.2) is 30.3 Å². The first-order valence-electron chi connectivity index (χ1n) is 5.77. The van der Waals surface area contributed by atoms with Gasteiger partial charge in [-0.2, -0.15) is 8.75 Å². The maximum atomic E-state index is 9.40. The van der Waals surface area contributed by atoms with Crippen LogP contribution in [0.1, 0.15) is 5.56 Å². The van der Waals surface area contributed by atoms with E-state index in [0.29, 0.717) is 16.6 Å². The molecule has 0 unspecified atom stereocenters.